The molecule has 0 aliphatic carbocycles. The molecule has 2 rings (SSSR count). The van der Waals surface area contributed by atoms with Crippen molar-refractivity contribution in [1.82, 2.24) is 0 Å². The zero-order valence-corrected chi connectivity index (χ0v) is 10.2. The van der Waals surface area contributed by atoms with E-state index in [4.69, 9.17) is 14.6 Å². The van der Waals surface area contributed by atoms with E-state index >= 15 is 0 Å². The molecule has 1 N–H and O–H groups in total. The molecule has 0 radical (unpaired) electrons. The summed E-state index contributed by atoms with van der Waals surface area (Å²) >= 11 is 0. The van der Waals surface area contributed by atoms with Gasteiger partial charge in [-0.3, -0.25) is 4.79 Å². The standard InChI is InChI=1S/C10H16O6S/c11-9(12)2-1-8-5-15-10(16-8)7-3-4-17(13,14)6-7/h7-8,10H,1-6H2,(H,11,12). The summed E-state index contributed by atoms with van der Waals surface area (Å²) in [5.41, 5.74) is 0. The molecule has 0 amide bonds. The van der Waals surface area contributed by atoms with Gasteiger partial charge in [0, 0.05) is 12.3 Å². The number of hydrogen-bond donors (Lipinski definition) is 1. The van der Waals surface area contributed by atoms with Crippen LogP contribution in [0.15, 0.2) is 0 Å². The average Bonchev–Trinajstić information content (AvgIpc) is 2.81. The van der Waals surface area contributed by atoms with E-state index in [1.807, 2.05) is 0 Å². The minimum Gasteiger partial charge on any atom is -0.481 e. The van der Waals surface area contributed by atoms with Gasteiger partial charge >= 0.3 is 5.97 Å². The van der Waals surface area contributed by atoms with Crippen molar-refractivity contribution < 1.29 is 27.8 Å². The van der Waals surface area contributed by atoms with Gasteiger partial charge in [-0.1, -0.05) is 0 Å². The fourth-order valence-electron chi connectivity index (χ4n) is 2.19. The highest BCUT2D eigenvalue weighted by molar-refractivity contribution is 7.91. The molecule has 0 saturated carbocycles. The lowest BCUT2D eigenvalue weighted by Gasteiger charge is -2.16. The van der Waals surface area contributed by atoms with Gasteiger partial charge in [0.05, 0.1) is 24.2 Å². The van der Waals surface area contributed by atoms with Gasteiger partial charge in [-0.25, -0.2) is 8.42 Å². The molecule has 2 fully saturated rings. The summed E-state index contributed by atoms with van der Waals surface area (Å²) in [5, 5.41) is 8.54. The van der Waals surface area contributed by atoms with Crippen LogP contribution in [0, 0.1) is 5.92 Å². The van der Waals surface area contributed by atoms with Gasteiger partial charge in [0.2, 0.25) is 0 Å². The van der Waals surface area contributed by atoms with Gasteiger partial charge in [-0.15, -0.1) is 0 Å². The Kier molecular flexibility index (Phi) is 3.70. The van der Waals surface area contributed by atoms with E-state index in [0.29, 0.717) is 19.4 Å². The molecule has 6 nitrogen and oxygen atoms in total. The average molecular weight is 264 g/mol. The molecule has 0 bridgehead atoms. The number of hydrogen-bond acceptors (Lipinski definition) is 5. The van der Waals surface area contributed by atoms with E-state index in [9.17, 15) is 13.2 Å². The molecule has 0 spiro atoms. The summed E-state index contributed by atoms with van der Waals surface area (Å²) < 4.78 is 33.5. The van der Waals surface area contributed by atoms with Crippen molar-refractivity contribution in [3.63, 3.8) is 0 Å². The minimum atomic E-state index is -2.93. The predicted molar refractivity (Wildman–Crippen MR) is 58.2 cm³/mol. The van der Waals surface area contributed by atoms with Gasteiger partial charge in [-0.05, 0) is 12.8 Å². The van der Waals surface area contributed by atoms with E-state index in [0.717, 1.165) is 0 Å². The number of aliphatic carboxylic acids is 1. The number of carboxylic acid groups (broad SMARTS) is 1. The van der Waals surface area contributed by atoms with Gasteiger partial charge in [0.25, 0.3) is 0 Å². The number of rotatable bonds is 4. The molecule has 0 aromatic heterocycles. The Hall–Kier alpha value is -0.660. The zero-order chi connectivity index (χ0) is 12.5. The van der Waals surface area contributed by atoms with Crippen molar-refractivity contribution in [2.75, 3.05) is 18.1 Å². The van der Waals surface area contributed by atoms with Crippen LogP contribution in [0.5, 0.6) is 0 Å². The second-order valence-electron chi connectivity index (χ2n) is 4.56. The third kappa shape index (κ3) is 3.40. The van der Waals surface area contributed by atoms with Crippen LogP contribution in [-0.2, 0) is 24.1 Å². The van der Waals surface area contributed by atoms with Gasteiger partial charge in [-0.2, -0.15) is 0 Å². The first-order chi connectivity index (χ1) is 7.96. The molecular weight excluding hydrogens is 248 g/mol. The fraction of sp³-hybridized carbons (Fsp3) is 0.900. The van der Waals surface area contributed by atoms with Crippen molar-refractivity contribution in [3.8, 4) is 0 Å². The predicted octanol–water partition coefficient (Wildman–Crippen LogP) is 0.0274. The van der Waals surface area contributed by atoms with Gasteiger partial charge in [0.1, 0.15) is 0 Å². The van der Waals surface area contributed by atoms with Crippen LogP contribution in [0.2, 0.25) is 0 Å². The maximum absolute atomic E-state index is 11.3. The third-order valence-electron chi connectivity index (χ3n) is 3.11. The first-order valence-corrected chi connectivity index (χ1v) is 7.48. The Balaban J connectivity index is 1.80. The van der Waals surface area contributed by atoms with Crippen molar-refractivity contribution in [1.29, 1.82) is 0 Å². The third-order valence-corrected chi connectivity index (χ3v) is 4.90. The normalized spacial score (nSPS) is 36.1. The van der Waals surface area contributed by atoms with E-state index < -0.39 is 22.1 Å². The summed E-state index contributed by atoms with van der Waals surface area (Å²) in [6.45, 7) is 0.356. The second kappa shape index (κ2) is 4.91. The number of sulfone groups is 1. The maximum Gasteiger partial charge on any atom is 0.303 e. The highest BCUT2D eigenvalue weighted by Crippen LogP contribution is 2.29. The molecule has 0 aromatic rings. The number of carboxylic acids is 1. The van der Waals surface area contributed by atoms with E-state index in [-0.39, 0.29) is 29.9 Å². The second-order valence-corrected chi connectivity index (χ2v) is 6.78. The van der Waals surface area contributed by atoms with E-state index in [2.05, 4.69) is 0 Å². The van der Waals surface area contributed by atoms with Crippen LogP contribution in [0.1, 0.15) is 19.3 Å². The molecule has 98 valence electrons. The Labute approximate surface area is 99.8 Å². The van der Waals surface area contributed by atoms with Crippen LogP contribution in [0.25, 0.3) is 0 Å². The molecule has 2 saturated heterocycles. The van der Waals surface area contributed by atoms with Crippen LogP contribution in [-0.4, -0.2) is 50.0 Å². The maximum atomic E-state index is 11.3. The monoisotopic (exact) mass is 264 g/mol. The summed E-state index contributed by atoms with van der Waals surface area (Å²) in [5.74, 6) is -0.653. The highest BCUT2D eigenvalue weighted by atomic mass is 32.2. The van der Waals surface area contributed by atoms with Gasteiger partial charge < -0.3 is 14.6 Å². The molecule has 17 heavy (non-hydrogen) atoms. The SMILES string of the molecule is O=C(O)CCC1COC(C2CCS(=O)(=O)C2)O1. The summed E-state index contributed by atoms with van der Waals surface area (Å²) in [7, 11) is -2.93. The minimum absolute atomic E-state index is 0.0453. The lowest BCUT2D eigenvalue weighted by atomic mass is 10.1. The molecular formula is C10H16O6S. The molecule has 0 aromatic carbocycles. The van der Waals surface area contributed by atoms with Gasteiger partial charge in [0.15, 0.2) is 16.1 Å². The summed E-state index contributed by atoms with van der Waals surface area (Å²) in [6.07, 6.45) is 0.318. The number of ether oxygens (including phenoxy) is 2. The van der Waals surface area contributed by atoms with Crippen LogP contribution < -0.4 is 0 Å². The molecule has 2 heterocycles. The van der Waals surface area contributed by atoms with Crippen molar-refractivity contribution >= 4 is 15.8 Å². The number of carbonyl (C=O) groups is 1. The summed E-state index contributed by atoms with van der Waals surface area (Å²) in [6, 6.07) is 0. The largest absolute Gasteiger partial charge is 0.481 e. The van der Waals surface area contributed by atoms with E-state index in [1.165, 1.54) is 0 Å². The van der Waals surface area contributed by atoms with Crippen LogP contribution in [0.3, 0.4) is 0 Å². The lowest BCUT2D eigenvalue weighted by molar-refractivity contribution is -0.138. The first kappa shape index (κ1) is 12.8. The zero-order valence-electron chi connectivity index (χ0n) is 9.37. The molecule has 2 aliphatic heterocycles. The quantitative estimate of drug-likeness (QED) is 0.770. The first-order valence-electron chi connectivity index (χ1n) is 5.65. The van der Waals surface area contributed by atoms with Crippen molar-refractivity contribution in [2.45, 2.75) is 31.7 Å². The topological polar surface area (TPSA) is 89.9 Å². The fourth-order valence-corrected chi connectivity index (χ4v) is 4.00. The van der Waals surface area contributed by atoms with Crippen molar-refractivity contribution in [3.05, 3.63) is 0 Å². The Morgan fingerprint density at radius 2 is 2.18 bits per heavy atom. The molecule has 7 heteroatoms. The highest BCUT2D eigenvalue weighted by Gasteiger charge is 2.39. The summed E-state index contributed by atoms with van der Waals surface area (Å²) in [4.78, 5) is 10.4. The molecule has 2 aliphatic rings. The lowest BCUT2D eigenvalue weighted by Crippen LogP contribution is -2.23. The Bertz CT molecular complexity index is 390. The molecule has 3 unspecified atom stereocenters. The smallest absolute Gasteiger partial charge is 0.303 e. The van der Waals surface area contributed by atoms with Crippen LogP contribution in [0.4, 0.5) is 0 Å². The van der Waals surface area contributed by atoms with Crippen molar-refractivity contribution in [2.24, 2.45) is 5.92 Å². The molecule has 3 atom stereocenters. The van der Waals surface area contributed by atoms with E-state index in [1.54, 1.807) is 0 Å². The Morgan fingerprint density at radius 1 is 1.41 bits per heavy atom. The van der Waals surface area contributed by atoms with Crippen LogP contribution >= 0.6 is 0 Å². The Morgan fingerprint density at radius 3 is 2.76 bits per heavy atom.